The van der Waals surface area contributed by atoms with Gasteiger partial charge in [-0.05, 0) is 31.2 Å². The second kappa shape index (κ2) is 4.37. The van der Waals surface area contributed by atoms with Crippen molar-refractivity contribution >= 4 is 16.1 Å². The van der Waals surface area contributed by atoms with E-state index < -0.39 is 9.84 Å². The molecule has 6 heteroatoms. The number of hydrogen-bond donors (Lipinski definition) is 1. The molecule has 1 aliphatic rings. The zero-order valence-corrected chi connectivity index (χ0v) is 9.66. The number of hydrogen-bond acceptors (Lipinski definition) is 4. The first-order valence-electron chi connectivity index (χ1n) is 5.29. The predicted molar refractivity (Wildman–Crippen MR) is 59.1 cm³/mol. The van der Waals surface area contributed by atoms with Gasteiger partial charge in [0.25, 0.3) is 0 Å². The molecular weight excluding hydrogens is 228 g/mol. The van der Waals surface area contributed by atoms with Crippen LogP contribution < -0.4 is 0 Å². The molecule has 5 nitrogen and oxygen atoms in total. The minimum absolute atomic E-state index is 0.284. The highest BCUT2D eigenvalue weighted by atomic mass is 32.2. The summed E-state index contributed by atoms with van der Waals surface area (Å²) in [7, 11) is -2.79. The summed E-state index contributed by atoms with van der Waals surface area (Å²) in [6.07, 6.45) is 2.89. The number of carbonyl (C=O) groups excluding carboxylic acids is 1. The molecule has 0 spiro atoms. The minimum Gasteiger partial charge on any atom is -0.296 e. The van der Waals surface area contributed by atoms with Crippen molar-refractivity contribution in [1.82, 2.24) is 10.2 Å². The molecule has 1 aliphatic heterocycles. The largest absolute Gasteiger partial charge is 0.296 e. The Morgan fingerprint density at radius 3 is 2.69 bits per heavy atom. The van der Waals surface area contributed by atoms with Gasteiger partial charge in [-0.2, -0.15) is 5.10 Å². The van der Waals surface area contributed by atoms with Gasteiger partial charge in [0, 0.05) is 5.69 Å². The van der Waals surface area contributed by atoms with Crippen LogP contribution in [0.5, 0.6) is 0 Å². The third kappa shape index (κ3) is 2.69. The van der Waals surface area contributed by atoms with Crippen molar-refractivity contribution in [3.8, 4) is 0 Å². The quantitative estimate of drug-likeness (QED) is 0.787. The van der Waals surface area contributed by atoms with Crippen LogP contribution in [0.1, 0.15) is 29.0 Å². The molecule has 1 saturated heterocycles. The molecule has 16 heavy (non-hydrogen) atoms. The van der Waals surface area contributed by atoms with E-state index in [2.05, 4.69) is 10.2 Å². The van der Waals surface area contributed by atoms with E-state index in [1.165, 1.54) is 0 Å². The smallest absolute Gasteiger partial charge is 0.170 e. The maximum atomic E-state index is 11.2. The van der Waals surface area contributed by atoms with Crippen molar-refractivity contribution in [2.45, 2.75) is 19.3 Å². The van der Waals surface area contributed by atoms with E-state index in [1.54, 1.807) is 6.07 Å². The molecule has 0 unspecified atom stereocenters. The van der Waals surface area contributed by atoms with E-state index in [-0.39, 0.29) is 11.5 Å². The van der Waals surface area contributed by atoms with Crippen molar-refractivity contribution in [3.63, 3.8) is 0 Å². The maximum Gasteiger partial charge on any atom is 0.170 e. The fourth-order valence-electron chi connectivity index (χ4n) is 2.00. The molecule has 2 rings (SSSR count). The van der Waals surface area contributed by atoms with Crippen LogP contribution in [0, 0.1) is 5.92 Å². The summed E-state index contributed by atoms with van der Waals surface area (Å²) in [6.45, 7) is 0. The molecule has 0 bridgehead atoms. The lowest BCUT2D eigenvalue weighted by Gasteiger charge is -2.20. The highest BCUT2D eigenvalue weighted by Gasteiger charge is 2.24. The molecule has 2 heterocycles. The molecular formula is C10H14N2O3S. The maximum absolute atomic E-state index is 11.2. The summed E-state index contributed by atoms with van der Waals surface area (Å²) < 4.78 is 22.5. The first kappa shape index (κ1) is 11.3. The van der Waals surface area contributed by atoms with Crippen LogP contribution in [0.4, 0.5) is 0 Å². The number of sulfone groups is 1. The Balaban J connectivity index is 1.94. The normalized spacial score (nSPS) is 20.8. The molecule has 1 N–H and O–H groups in total. The van der Waals surface area contributed by atoms with Gasteiger partial charge < -0.3 is 0 Å². The lowest BCUT2D eigenvalue weighted by atomic mass is 9.97. The summed E-state index contributed by atoms with van der Waals surface area (Å²) in [4.78, 5) is 10.4. The summed E-state index contributed by atoms with van der Waals surface area (Å²) in [5.74, 6) is 0.946. The fourth-order valence-corrected chi connectivity index (χ4v) is 3.59. The molecule has 0 radical (unpaired) electrons. The van der Waals surface area contributed by atoms with Crippen LogP contribution in [0.3, 0.4) is 0 Å². The number of nitrogens with zero attached hydrogens (tertiary/aromatic N) is 1. The number of carbonyl (C=O) groups is 1. The van der Waals surface area contributed by atoms with Gasteiger partial charge in [-0.1, -0.05) is 0 Å². The Labute approximate surface area is 94.2 Å². The Morgan fingerprint density at radius 2 is 2.12 bits per heavy atom. The van der Waals surface area contributed by atoms with Gasteiger partial charge in [0.2, 0.25) is 0 Å². The lowest BCUT2D eigenvalue weighted by molar-refractivity contribution is 0.111. The molecule has 0 saturated carbocycles. The average molecular weight is 242 g/mol. The van der Waals surface area contributed by atoms with Gasteiger partial charge >= 0.3 is 0 Å². The molecule has 0 aliphatic carbocycles. The van der Waals surface area contributed by atoms with Crippen molar-refractivity contribution in [3.05, 3.63) is 17.5 Å². The molecule has 88 valence electrons. The topological polar surface area (TPSA) is 79.9 Å². The highest BCUT2D eigenvalue weighted by molar-refractivity contribution is 7.91. The second-order valence-corrected chi connectivity index (χ2v) is 6.54. The average Bonchev–Trinajstić information content (AvgIpc) is 2.69. The Morgan fingerprint density at radius 1 is 1.44 bits per heavy atom. The molecule has 0 aromatic carbocycles. The predicted octanol–water partition coefficient (Wildman–Crippen LogP) is 0.589. The van der Waals surface area contributed by atoms with E-state index in [0.717, 1.165) is 12.1 Å². The monoisotopic (exact) mass is 242 g/mol. The first-order valence-corrected chi connectivity index (χ1v) is 7.11. The Kier molecular flexibility index (Phi) is 3.09. The third-order valence-electron chi connectivity index (χ3n) is 2.95. The molecule has 0 amide bonds. The van der Waals surface area contributed by atoms with Gasteiger partial charge in [0.15, 0.2) is 6.29 Å². The van der Waals surface area contributed by atoms with Crippen LogP contribution in [-0.4, -0.2) is 36.4 Å². The van der Waals surface area contributed by atoms with Crippen LogP contribution in [0.15, 0.2) is 6.07 Å². The summed E-state index contributed by atoms with van der Waals surface area (Å²) in [5, 5.41) is 6.61. The number of aromatic nitrogens is 2. The number of nitrogens with one attached hydrogen (secondary N) is 1. The van der Waals surface area contributed by atoms with Crippen LogP contribution in [0.25, 0.3) is 0 Å². The molecule has 0 atom stereocenters. The van der Waals surface area contributed by atoms with E-state index in [9.17, 15) is 13.2 Å². The Hall–Kier alpha value is -1.17. The first-order chi connectivity index (χ1) is 7.59. The number of aromatic amines is 1. The minimum atomic E-state index is -2.79. The van der Waals surface area contributed by atoms with Crippen LogP contribution in [-0.2, 0) is 16.3 Å². The van der Waals surface area contributed by atoms with Gasteiger partial charge in [-0.25, -0.2) is 8.42 Å². The second-order valence-electron chi connectivity index (χ2n) is 4.24. The number of rotatable bonds is 3. The fraction of sp³-hybridized carbons (Fsp3) is 0.600. The number of H-pyrrole nitrogens is 1. The highest BCUT2D eigenvalue weighted by Crippen LogP contribution is 2.22. The summed E-state index contributed by atoms with van der Waals surface area (Å²) >= 11 is 0. The zero-order chi connectivity index (χ0) is 11.6. The van der Waals surface area contributed by atoms with Gasteiger partial charge in [-0.3, -0.25) is 9.89 Å². The lowest BCUT2D eigenvalue weighted by Crippen LogP contribution is -2.24. The summed E-state index contributed by atoms with van der Waals surface area (Å²) in [5.41, 5.74) is 1.31. The molecule has 1 fully saturated rings. The van der Waals surface area contributed by atoms with Crippen molar-refractivity contribution in [2.24, 2.45) is 5.92 Å². The van der Waals surface area contributed by atoms with Gasteiger partial charge in [-0.15, -0.1) is 0 Å². The van der Waals surface area contributed by atoms with Crippen LogP contribution in [0.2, 0.25) is 0 Å². The van der Waals surface area contributed by atoms with Gasteiger partial charge in [0.1, 0.15) is 15.5 Å². The van der Waals surface area contributed by atoms with E-state index in [1.807, 2.05) is 0 Å². The Bertz CT molecular complexity index is 464. The molecule has 1 aromatic rings. The third-order valence-corrected chi connectivity index (χ3v) is 4.67. The summed E-state index contributed by atoms with van der Waals surface area (Å²) in [6, 6.07) is 1.72. The zero-order valence-electron chi connectivity index (χ0n) is 8.85. The van der Waals surface area contributed by atoms with Crippen molar-refractivity contribution < 1.29 is 13.2 Å². The van der Waals surface area contributed by atoms with E-state index >= 15 is 0 Å². The standard InChI is InChI=1S/C10H14N2O3S/c13-7-10-6-9(11-12-10)5-8-1-3-16(14,15)4-2-8/h6-8H,1-5H2,(H,11,12). The van der Waals surface area contributed by atoms with Crippen molar-refractivity contribution in [1.29, 1.82) is 0 Å². The SMILES string of the molecule is O=Cc1cc(CC2CCS(=O)(=O)CC2)[nH]n1. The van der Waals surface area contributed by atoms with Gasteiger partial charge in [0.05, 0.1) is 11.5 Å². The number of aldehydes is 1. The van der Waals surface area contributed by atoms with Crippen LogP contribution >= 0.6 is 0 Å². The molecule has 1 aromatic heterocycles. The van der Waals surface area contributed by atoms with E-state index in [0.29, 0.717) is 30.7 Å². The van der Waals surface area contributed by atoms with Crippen molar-refractivity contribution in [2.75, 3.05) is 11.5 Å². The van der Waals surface area contributed by atoms with E-state index in [4.69, 9.17) is 0 Å².